The molecule has 0 saturated heterocycles. The number of pyridine rings is 1. The van der Waals surface area contributed by atoms with Crippen LogP contribution in [0.3, 0.4) is 0 Å². The molecule has 0 spiro atoms. The lowest BCUT2D eigenvalue weighted by atomic mass is 10.1. The zero-order valence-corrected chi connectivity index (χ0v) is 34.2. The Morgan fingerprint density at radius 1 is 0.909 bits per heavy atom. The number of hydrogen-bond donors (Lipinski definition) is 1. The molecule has 1 unspecified atom stereocenters. The first-order valence-electron chi connectivity index (χ1n) is 17.6. The second kappa shape index (κ2) is 16.3. The van der Waals surface area contributed by atoms with Crippen molar-refractivity contribution < 1.29 is 39.9 Å². The third-order valence-corrected chi connectivity index (χ3v) is 15.7. The molecule has 0 aliphatic rings. The lowest BCUT2D eigenvalue weighted by Crippen LogP contribution is -2.46. The molecule has 10 nitrogen and oxygen atoms in total. The van der Waals surface area contributed by atoms with E-state index in [0.717, 1.165) is 18.3 Å². The van der Waals surface area contributed by atoms with Gasteiger partial charge in [0.1, 0.15) is 18.1 Å². The van der Waals surface area contributed by atoms with Crippen molar-refractivity contribution in [1.82, 2.24) is 24.3 Å². The number of anilines is 1. The van der Waals surface area contributed by atoms with E-state index in [1.165, 1.54) is 22.9 Å². The standard InChI is InChI=1S/C36H47F7N6O4Si2/c1-22(47-29-19-46-49(21-52-12-13-54(5,6)7)33(51)30(29)36(41,42)43)14-25(53-55(8,9)34(2,3)4)20-48-11-10-23-15-27(28(37)16-26(23)32(48)50)31-44-17-24(18-45-31)35(38,39)40/h10-11,15-19,22,25,47H,12-14,20-21H2,1-9H3/t22-,25?/m0/s1. The number of aromatic nitrogens is 5. The molecule has 2 atom stereocenters. The molecule has 0 amide bonds. The second-order valence-electron chi connectivity index (χ2n) is 16.4. The van der Waals surface area contributed by atoms with E-state index in [1.54, 1.807) is 6.92 Å². The van der Waals surface area contributed by atoms with Crippen LogP contribution in [-0.2, 0) is 34.8 Å². The van der Waals surface area contributed by atoms with Gasteiger partial charge in [-0.1, -0.05) is 40.4 Å². The molecule has 1 N–H and O–H groups in total. The van der Waals surface area contributed by atoms with E-state index < -0.39 is 81.4 Å². The first-order chi connectivity index (χ1) is 25.2. The maximum absolute atomic E-state index is 15.3. The molecule has 0 saturated carbocycles. The largest absolute Gasteiger partial charge is 0.423 e. The van der Waals surface area contributed by atoms with Crippen LogP contribution in [0.1, 0.15) is 45.2 Å². The Morgan fingerprint density at radius 2 is 1.55 bits per heavy atom. The molecule has 4 rings (SSSR count). The lowest BCUT2D eigenvalue weighted by molar-refractivity contribution is -0.139. The van der Waals surface area contributed by atoms with Gasteiger partial charge in [0.05, 0.1) is 41.0 Å². The minimum atomic E-state index is -5.01. The third kappa shape index (κ3) is 11.1. The fourth-order valence-corrected chi connectivity index (χ4v) is 7.53. The predicted molar refractivity (Wildman–Crippen MR) is 202 cm³/mol. The predicted octanol–water partition coefficient (Wildman–Crippen LogP) is 8.79. The molecule has 0 bridgehead atoms. The van der Waals surface area contributed by atoms with Crippen molar-refractivity contribution in [1.29, 1.82) is 0 Å². The SMILES string of the molecule is C[C@@H](CC(Cn1ccc2cc(-c3ncc(C(F)(F)F)cn3)c(F)cc2c1=O)O[Si](C)(C)C(C)(C)C)Nc1cnn(COCC[Si](C)(C)C)c(=O)c1C(F)(F)F. The molecular weight excluding hydrogens is 770 g/mol. The van der Waals surface area contributed by atoms with Crippen LogP contribution >= 0.6 is 0 Å². The zero-order chi connectivity index (χ0) is 41.3. The quantitative estimate of drug-likeness (QED) is 0.0764. The van der Waals surface area contributed by atoms with Crippen LogP contribution in [0, 0.1) is 5.82 Å². The average molecular weight is 817 g/mol. The fourth-order valence-electron chi connectivity index (χ4n) is 5.42. The van der Waals surface area contributed by atoms with E-state index in [-0.39, 0.29) is 46.8 Å². The van der Waals surface area contributed by atoms with Crippen molar-refractivity contribution in [3.05, 3.63) is 80.6 Å². The van der Waals surface area contributed by atoms with Crippen LogP contribution < -0.4 is 16.4 Å². The average Bonchev–Trinajstić information content (AvgIpc) is 3.03. The Hall–Kier alpha value is -3.95. The highest BCUT2D eigenvalue weighted by Gasteiger charge is 2.41. The van der Waals surface area contributed by atoms with Crippen LogP contribution in [0.2, 0.25) is 43.8 Å². The summed E-state index contributed by atoms with van der Waals surface area (Å²) in [5.41, 5.74) is -5.18. The van der Waals surface area contributed by atoms with E-state index >= 15 is 4.39 Å². The highest BCUT2D eigenvalue weighted by Crippen LogP contribution is 2.38. The molecular formula is C36H47F7N6O4Si2. The Bertz CT molecular complexity index is 2090. The van der Waals surface area contributed by atoms with E-state index in [4.69, 9.17) is 9.16 Å². The fraction of sp³-hybridized carbons (Fsp3) is 0.528. The van der Waals surface area contributed by atoms with Crippen molar-refractivity contribution in [3.8, 4) is 11.4 Å². The van der Waals surface area contributed by atoms with Gasteiger partial charge in [-0.2, -0.15) is 31.4 Å². The Balaban J connectivity index is 1.63. The number of rotatable bonds is 14. The second-order valence-corrected chi connectivity index (χ2v) is 26.7. The van der Waals surface area contributed by atoms with E-state index in [0.29, 0.717) is 17.1 Å². The molecule has 4 aromatic rings. The van der Waals surface area contributed by atoms with E-state index in [9.17, 15) is 35.9 Å². The first-order valence-corrected chi connectivity index (χ1v) is 24.2. The highest BCUT2D eigenvalue weighted by molar-refractivity contribution is 6.76. The Labute approximate surface area is 316 Å². The number of halogens is 7. The maximum atomic E-state index is 15.3. The van der Waals surface area contributed by atoms with Crippen LogP contribution in [0.15, 0.2) is 52.6 Å². The summed E-state index contributed by atoms with van der Waals surface area (Å²) < 4.78 is 111. The van der Waals surface area contributed by atoms with E-state index in [1.807, 2.05) is 33.9 Å². The monoisotopic (exact) mass is 816 g/mol. The Kier molecular flexibility index (Phi) is 12.9. The van der Waals surface area contributed by atoms with Crippen molar-refractivity contribution in [2.75, 3.05) is 11.9 Å². The number of nitrogens with one attached hydrogen (secondary N) is 1. The van der Waals surface area contributed by atoms with Gasteiger partial charge in [0, 0.05) is 39.3 Å². The number of ether oxygens (including phenoxy) is 1. The Morgan fingerprint density at radius 3 is 2.11 bits per heavy atom. The molecule has 3 heterocycles. The summed E-state index contributed by atoms with van der Waals surface area (Å²) in [6.07, 6.45) is -6.84. The number of nitrogens with zero attached hydrogens (tertiary/aromatic N) is 5. The van der Waals surface area contributed by atoms with Crippen molar-refractivity contribution in [2.45, 2.75) is 116 Å². The summed E-state index contributed by atoms with van der Waals surface area (Å²) in [6.45, 7) is 17.8. The summed E-state index contributed by atoms with van der Waals surface area (Å²) in [7, 11) is -4.03. The molecule has 55 heavy (non-hydrogen) atoms. The summed E-state index contributed by atoms with van der Waals surface area (Å²) in [4.78, 5) is 34.1. The van der Waals surface area contributed by atoms with Gasteiger partial charge in [0.25, 0.3) is 11.1 Å². The van der Waals surface area contributed by atoms with Gasteiger partial charge in [-0.15, -0.1) is 0 Å². The smallest absolute Gasteiger partial charge is 0.412 e. The molecule has 0 aliphatic carbocycles. The van der Waals surface area contributed by atoms with Crippen LogP contribution in [-0.4, -0.2) is 59.5 Å². The van der Waals surface area contributed by atoms with Crippen molar-refractivity contribution in [2.24, 2.45) is 0 Å². The van der Waals surface area contributed by atoms with Crippen LogP contribution in [0.25, 0.3) is 22.2 Å². The lowest BCUT2D eigenvalue weighted by Gasteiger charge is -2.40. The summed E-state index contributed by atoms with van der Waals surface area (Å²) in [5, 5.41) is 6.69. The minimum absolute atomic E-state index is 0.0289. The zero-order valence-electron chi connectivity index (χ0n) is 32.2. The molecule has 19 heteroatoms. The third-order valence-electron chi connectivity index (χ3n) is 9.51. The molecule has 1 aromatic carbocycles. The van der Waals surface area contributed by atoms with Crippen molar-refractivity contribution in [3.63, 3.8) is 0 Å². The number of hydrogen-bond acceptors (Lipinski definition) is 8. The van der Waals surface area contributed by atoms with Gasteiger partial charge >= 0.3 is 12.4 Å². The van der Waals surface area contributed by atoms with Gasteiger partial charge < -0.3 is 19.0 Å². The summed E-state index contributed by atoms with van der Waals surface area (Å²) in [6, 6.07) is 3.80. The molecule has 0 fully saturated rings. The number of fused-ring (bicyclic) bond motifs is 1. The summed E-state index contributed by atoms with van der Waals surface area (Å²) >= 11 is 0. The number of alkyl halides is 6. The van der Waals surface area contributed by atoms with Crippen molar-refractivity contribution >= 4 is 32.9 Å². The van der Waals surface area contributed by atoms with Gasteiger partial charge in [-0.05, 0) is 61.1 Å². The maximum Gasteiger partial charge on any atom is 0.423 e. The highest BCUT2D eigenvalue weighted by atomic mass is 28.4. The minimum Gasteiger partial charge on any atom is -0.412 e. The molecule has 0 radical (unpaired) electrons. The molecule has 3 aromatic heterocycles. The van der Waals surface area contributed by atoms with Crippen LogP contribution in [0.4, 0.5) is 36.4 Å². The normalized spacial score (nSPS) is 14.3. The van der Waals surface area contributed by atoms with Gasteiger partial charge in [0.15, 0.2) is 14.1 Å². The van der Waals surface area contributed by atoms with Gasteiger partial charge in [-0.3, -0.25) is 9.59 Å². The van der Waals surface area contributed by atoms with E-state index in [2.05, 4.69) is 40.0 Å². The van der Waals surface area contributed by atoms with Crippen LogP contribution in [0.5, 0.6) is 0 Å². The first kappa shape index (κ1) is 43.8. The summed E-state index contributed by atoms with van der Waals surface area (Å²) in [5.74, 6) is -1.23. The van der Waals surface area contributed by atoms with Gasteiger partial charge in [-0.25, -0.2) is 19.0 Å². The molecule has 302 valence electrons. The van der Waals surface area contributed by atoms with Gasteiger partial charge in [0.2, 0.25) is 0 Å². The topological polar surface area (TPSA) is 113 Å². The molecule has 0 aliphatic heterocycles. The number of benzene rings is 1.